The largest absolute Gasteiger partial charge is 0.465 e. The predicted molar refractivity (Wildman–Crippen MR) is 66.4 cm³/mol. The number of hydrogen-bond acceptors (Lipinski definition) is 4. The molecule has 0 atom stereocenters. The molecule has 0 fully saturated rings. The Kier molecular flexibility index (Phi) is 7.14. The third kappa shape index (κ3) is 7.24. The van der Waals surface area contributed by atoms with Gasteiger partial charge in [-0.3, -0.25) is 10.1 Å². The lowest BCUT2D eigenvalue weighted by molar-refractivity contribution is 0.101. The Labute approximate surface area is 109 Å². The van der Waals surface area contributed by atoms with E-state index in [4.69, 9.17) is 5.11 Å². The summed E-state index contributed by atoms with van der Waals surface area (Å²) < 4.78 is 3.88. The van der Waals surface area contributed by atoms with Gasteiger partial charge < -0.3 is 9.84 Å². The Balaban J connectivity index is 0.000000494. The normalized spacial score (nSPS) is 8.61. The van der Waals surface area contributed by atoms with Crippen LogP contribution in [0.2, 0.25) is 0 Å². The van der Waals surface area contributed by atoms with Crippen molar-refractivity contribution in [1.82, 2.24) is 0 Å². The summed E-state index contributed by atoms with van der Waals surface area (Å²) in [5.74, 6) is -0.0399. The molecule has 0 spiro atoms. The van der Waals surface area contributed by atoms with Gasteiger partial charge in [-0.15, -0.1) is 0 Å². The number of carbonyl (C=O) groups is 3. The smallest absolute Gasteiger partial charge is 0.409 e. The third-order valence-electron chi connectivity index (χ3n) is 1.70. The lowest BCUT2D eigenvalue weighted by Gasteiger charge is -2.00. The average Bonchev–Trinajstić information content (AvgIpc) is 2.29. The molecule has 0 aliphatic rings. The fourth-order valence-corrected chi connectivity index (χ4v) is 0.912. The van der Waals surface area contributed by atoms with Crippen molar-refractivity contribution in [3.63, 3.8) is 0 Å². The van der Waals surface area contributed by atoms with Crippen molar-refractivity contribution >= 4 is 34.6 Å². The Morgan fingerprint density at radius 3 is 1.94 bits per heavy atom. The molecule has 0 unspecified atom stereocenters. The molecule has 0 aromatic heterocycles. The van der Waals surface area contributed by atoms with E-state index in [0.717, 1.165) is 0 Å². The summed E-state index contributed by atoms with van der Waals surface area (Å²) in [6.07, 6.45) is -1.12. The fourth-order valence-electron chi connectivity index (χ4n) is 0.912. The standard InChI is InChI=1S/C9H9NO3.C2H3ClO2/c1-6(11)7-2-4-8(5-3-7)10-9(12)13;1-5-2(3)4/h2-5,10H,1H3,(H,12,13);1H3. The van der Waals surface area contributed by atoms with Gasteiger partial charge in [-0.2, -0.15) is 0 Å². The quantitative estimate of drug-likeness (QED) is 0.638. The van der Waals surface area contributed by atoms with Gasteiger partial charge in [-0.1, -0.05) is 0 Å². The van der Waals surface area contributed by atoms with Gasteiger partial charge >= 0.3 is 11.5 Å². The first-order valence-electron chi connectivity index (χ1n) is 4.71. The van der Waals surface area contributed by atoms with Crippen LogP contribution < -0.4 is 5.32 Å². The lowest BCUT2D eigenvalue weighted by atomic mass is 10.1. The number of methoxy groups -OCH3 is 1. The maximum atomic E-state index is 10.8. The highest BCUT2D eigenvalue weighted by molar-refractivity contribution is 6.61. The van der Waals surface area contributed by atoms with Crippen molar-refractivity contribution in [2.24, 2.45) is 0 Å². The number of anilines is 1. The number of nitrogens with one attached hydrogen (secondary N) is 1. The summed E-state index contributed by atoms with van der Waals surface area (Å²) in [5, 5.41) is 10.5. The number of ketones is 1. The SMILES string of the molecule is CC(=O)c1ccc(NC(=O)O)cc1.COC(=O)Cl. The van der Waals surface area contributed by atoms with Gasteiger partial charge in [0, 0.05) is 22.9 Å². The van der Waals surface area contributed by atoms with Gasteiger partial charge in [0.15, 0.2) is 5.78 Å². The van der Waals surface area contributed by atoms with Crippen LogP contribution in [0.4, 0.5) is 15.3 Å². The zero-order valence-electron chi connectivity index (χ0n) is 9.77. The summed E-state index contributed by atoms with van der Waals surface area (Å²) in [6, 6.07) is 6.25. The van der Waals surface area contributed by atoms with Gasteiger partial charge in [0.05, 0.1) is 7.11 Å². The van der Waals surface area contributed by atoms with E-state index in [-0.39, 0.29) is 5.78 Å². The minimum Gasteiger partial charge on any atom is -0.465 e. The minimum atomic E-state index is -1.12. The summed E-state index contributed by atoms with van der Waals surface area (Å²) in [6.45, 7) is 1.46. The molecule has 0 aliphatic carbocycles. The maximum absolute atomic E-state index is 10.8. The van der Waals surface area contributed by atoms with E-state index in [1.165, 1.54) is 14.0 Å². The van der Waals surface area contributed by atoms with Gasteiger partial charge in [0.1, 0.15) is 0 Å². The second kappa shape index (κ2) is 8.08. The average molecular weight is 274 g/mol. The van der Waals surface area contributed by atoms with Gasteiger partial charge in [-0.25, -0.2) is 9.59 Å². The van der Waals surface area contributed by atoms with Crippen LogP contribution in [0.15, 0.2) is 24.3 Å². The molecular formula is C11H12ClNO5. The monoisotopic (exact) mass is 273 g/mol. The number of ether oxygens (including phenoxy) is 1. The molecule has 2 N–H and O–H groups in total. The van der Waals surface area contributed by atoms with Crippen LogP contribution in [0.3, 0.4) is 0 Å². The Hall–Kier alpha value is -2.08. The van der Waals surface area contributed by atoms with Gasteiger partial charge in [-0.05, 0) is 31.2 Å². The zero-order chi connectivity index (χ0) is 14.1. The van der Waals surface area contributed by atoms with Crippen LogP contribution in [-0.4, -0.2) is 29.5 Å². The summed E-state index contributed by atoms with van der Waals surface area (Å²) >= 11 is 4.60. The second-order valence-corrected chi connectivity index (χ2v) is 3.31. The van der Waals surface area contributed by atoms with Crippen LogP contribution in [0.5, 0.6) is 0 Å². The molecule has 1 aromatic carbocycles. The minimum absolute atomic E-state index is 0.0399. The van der Waals surface area contributed by atoms with Crippen molar-refractivity contribution in [3.8, 4) is 0 Å². The van der Waals surface area contributed by atoms with E-state index in [1.807, 2.05) is 0 Å². The number of halogens is 1. The van der Waals surface area contributed by atoms with Crippen molar-refractivity contribution in [2.75, 3.05) is 12.4 Å². The van der Waals surface area contributed by atoms with E-state index >= 15 is 0 Å². The Morgan fingerprint density at radius 2 is 1.67 bits per heavy atom. The molecule has 0 aliphatic heterocycles. The molecule has 6 nitrogen and oxygen atoms in total. The molecule has 1 aromatic rings. The molecule has 0 saturated carbocycles. The van der Waals surface area contributed by atoms with Gasteiger partial charge in [0.2, 0.25) is 0 Å². The van der Waals surface area contributed by atoms with Crippen molar-refractivity contribution in [1.29, 1.82) is 0 Å². The second-order valence-electron chi connectivity index (χ2n) is 3.01. The Morgan fingerprint density at radius 1 is 1.22 bits per heavy atom. The van der Waals surface area contributed by atoms with Crippen LogP contribution in [0, 0.1) is 0 Å². The molecule has 0 saturated heterocycles. The number of rotatable bonds is 2. The number of Topliss-reactive ketones (excluding diaryl/α,β-unsaturated/α-hetero) is 1. The fraction of sp³-hybridized carbons (Fsp3) is 0.182. The van der Waals surface area contributed by atoms with E-state index in [9.17, 15) is 14.4 Å². The molecule has 0 radical (unpaired) electrons. The summed E-state index contributed by atoms with van der Waals surface area (Å²) in [7, 11) is 1.22. The third-order valence-corrected chi connectivity index (χ3v) is 1.86. The van der Waals surface area contributed by atoms with Crippen molar-refractivity contribution < 1.29 is 24.2 Å². The topological polar surface area (TPSA) is 92.7 Å². The number of carboxylic acid groups (broad SMARTS) is 1. The molecule has 1 rings (SSSR count). The first kappa shape index (κ1) is 15.9. The molecular weight excluding hydrogens is 262 g/mol. The lowest BCUT2D eigenvalue weighted by Crippen LogP contribution is -2.07. The van der Waals surface area contributed by atoms with Crippen LogP contribution in [0.25, 0.3) is 0 Å². The number of hydrogen-bond donors (Lipinski definition) is 2. The van der Waals surface area contributed by atoms with Gasteiger partial charge in [0.25, 0.3) is 0 Å². The van der Waals surface area contributed by atoms with E-state index in [2.05, 4.69) is 21.7 Å². The molecule has 18 heavy (non-hydrogen) atoms. The number of benzene rings is 1. The highest BCUT2D eigenvalue weighted by Gasteiger charge is 2.00. The van der Waals surface area contributed by atoms with Crippen LogP contribution in [-0.2, 0) is 4.74 Å². The van der Waals surface area contributed by atoms with Crippen molar-refractivity contribution in [3.05, 3.63) is 29.8 Å². The zero-order valence-corrected chi connectivity index (χ0v) is 10.5. The highest BCUT2D eigenvalue weighted by atomic mass is 35.5. The van der Waals surface area contributed by atoms with Crippen LogP contribution >= 0.6 is 11.6 Å². The van der Waals surface area contributed by atoms with E-state index < -0.39 is 11.5 Å². The number of carbonyl (C=O) groups excluding carboxylic acids is 2. The molecule has 7 heteroatoms. The predicted octanol–water partition coefficient (Wildman–Crippen LogP) is 2.97. The van der Waals surface area contributed by atoms with Crippen molar-refractivity contribution in [2.45, 2.75) is 6.92 Å². The van der Waals surface area contributed by atoms with E-state index in [0.29, 0.717) is 11.3 Å². The maximum Gasteiger partial charge on any atom is 0.409 e. The molecule has 98 valence electrons. The number of amides is 1. The highest BCUT2D eigenvalue weighted by Crippen LogP contribution is 2.09. The molecule has 0 heterocycles. The molecule has 1 amide bonds. The first-order valence-corrected chi connectivity index (χ1v) is 5.09. The van der Waals surface area contributed by atoms with E-state index in [1.54, 1.807) is 24.3 Å². The molecule has 0 bridgehead atoms. The summed E-state index contributed by atoms with van der Waals surface area (Å²) in [5.41, 5.74) is 0.249. The Bertz CT molecular complexity index is 430. The first-order chi connectivity index (χ1) is 8.36. The summed E-state index contributed by atoms with van der Waals surface area (Å²) in [4.78, 5) is 30.4. The van der Waals surface area contributed by atoms with Crippen LogP contribution in [0.1, 0.15) is 17.3 Å².